The number of hydrogen-bond acceptors (Lipinski definition) is 6. The second-order valence-electron chi connectivity index (χ2n) is 7.19. The van der Waals surface area contributed by atoms with Crippen molar-refractivity contribution < 1.29 is 18.0 Å². The average Bonchev–Trinajstić information content (AvgIpc) is 3.18. The predicted molar refractivity (Wildman–Crippen MR) is 112 cm³/mol. The molecule has 31 heavy (non-hydrogen) atoms. The molecule has 1 aliphatic heterocycles. The number of fused-ring (bicyclic) bond motifs is 1. The molecule has 3 aromatic carbocycles. The second-order valence-corrected chi connectivity index (χ2v) is 7.19. The minimum atomic E-state index is -4.53. The molecule has 1 heterocycles. The Kier molecular flexibility index (Phi) is 5.50. The third-order valence-electron chi connectivity index (χ3n) is 4.95. The molecule has 0 saturated carbocycles. The number of alkyl halides is 3. The maximum absolute atomic E-state index is 13.6. The molecule has 0 aliphatic carbocycles. The maximum Gasteiger partial charge on any atom is 0.416 e. The van der Waals surface area contributed by atoms with E-state index in [0.717, 1.165) is 22.4 Å². The Labute approximate surface area is 177 Å². The molecule has 9 heteroatoms. The Balaban J connectivity index is 1.60. The van der Waals surface area contributed by atoms with Crippen molar-refractivity contribution >= 4 is 22.2 Å². The van der Waals surface area contributed by atoms with Gasteiger partial charge < -0.3 is 4.84 Å². The van der Waals surface area contributed by atoms with Gasteiger partial charge in [-0.1, -0.05) is 52.8 Å². The van der Waals surface area contributed by atoms with Gasteiger partial charge in [-0.15, -0.1) is 0 Å². The monoisotopic (exact) mass is 427 g/mol. The van der Waals surface area contributed by atoms with Crippen LogP contribution in [0.1, 0.15) is 23.6 Å². The van der Waals surface area contributed by atoms with Gasteiger partial charge in [-0.05, 0) is 46.7 Å². The first-order valence-electron chi connectivity index (χ1n) is 9.58. The van der Waals surface area contributed by atoms with Crippen LogP contribution in [0.3, 0.4) is 0 Å². The van der Waals surface area contributed by atoms with Crippen molar-refractivity contribution in [3.63, 3.8) is 0 Å². The minimum Gasteiger partial charge on any atom is -0.391 e. The molecule has 0 spiro atoms. The lowest BCUT2D eigenvalue weighted by molar-refractivity contribution is -0.138. The fraction of sp³-hybridized carbons (Fsp3) is 0.227. The summed E-state index contributed by atoms with van der Waals surface area (Å²) in [5, 5.41) is 16.9. The van der Waals surface area contributed by atoms with Gasteiger partial charge in [-0.3, -0.25) is 5.01 Å². The summed E-state index contributed by atoms with van der Waals surface area (Å²) in [6.45, 7) is 1.64. The number of anilines is 1. The molecule has 6 nitrogen and oxygen atoms in total. The van der Waals surface area contributed by atoms with Gasteiger partial charge in [-0.25, -0.2) is 5.01 Å². The van der Waals surface area contributed by atoms with E-state index < -0.39 is 11.7 Å². The van der Waals surface area contributed by atoms with E-state index in [-0.39, 0.29) is 24.5 Å². The Morgan fingerprint density at radius 2 is 1.81 bits per heavy atom. The van der Waals surface area contributed by atoms with E-state index in [2.05, 4.69) is 15.6 Å². The van der Waals surface area contributed by atoms with Crippen LogP contribution in [-0.2, 0) is 17.6 Å². The summed E-state index contributed by atoms with van der Waals surface area (Å²) >= 11 is 0. The third-order valence-corrected chi connectivity index (χ3v) is 4.95. The molecule has 160 valence electrons. The third kappa shape index (κ3) is 4.45. The van der Waals surface area contributed by atoms with Crippen LogP contribution in [0.5, 0.6) is 0 Å². The minimum absolute atomic E-state index is 0.0423. The lowest BCUT2D eigenvalue weighted by Crippen LogP contribution is -2.24. The zero-order valence-electron chi connectivity index (χ0n) is 17.0. The highest BCUT2D eigenvalue weighted by molar-refractivity contribution is 6.01. The van der Waals surface area contributed by atoms with Crippen molar-refractivity contribution in [1.82, 2.24) is 5.01 Å². The Morgan fingerprint density at radius 1 is 1.03 bits per heavy atom. The van der Waals surface area contributed by atoms with Gasteiger partial charge in [0.2, 0.25) is 0 Å². The molecule has 0 unspecified atom stereocenters. The maximum atomic E-state index is 13.6. The first-order valence-corrected chi connectivity index (χ1v) is 9.58. The lowest BCUT2D eigenvalue weighted by atomic mass is 10.0. The molecular formula is C22H20F3N5O. The Hall–Kier alpha value is -3.62. The highest BCUT2D eigenvalue weighted by Crippen LogP contribution is 2.37. The second kappa shape index (κ2) is 8.25. The molecule has 0 radical (unpaired) electrons. The Bertz CT molecular complexity index is 1160. The smallest absolute Gasteiger partial charge is 0.391 e. The zero-order valence-corrected chi connectivity index (χ0v) is 17.0. The summed E-state index contributed by atoms with van der Waals surface area (Å²) in [5.74, 6) is 0. The molecular weight excluding hydrogens is 407 g/mol. The van der Waals surface area contributed by atoms with Gasteiger partial charge >= 0.3 is 6.18 Å². The molecule has 4 rings (SSSR count). The van der Waals surface area contributed by atoms with E-state index in [1.165, 1.54) is 16.1 Å². The highest BCUT2D eigenvalue weighted by Gasteiger charge is 2.35. The summed E-state index contributed by atoms with van der Waals surface area (Å²) in [6.07, 6.45) is -4.53. The van der Waals surface area contributed by atoms with Crippen LogP contribution >= 0.6 is 0 Å². The molecule has 0 saturated heterocycles. The van der Waals surface area contributed by atoms with Crippen LogP contribution in [0.25, 0.3) is 10.8 Å². The van der Waals surface area contributed by atoms with Crippen molar-refractivity contribution in [2.45, 2.75) is 19.7 Å². The fourth-order valence-corrected chi connectivity index (χ4v) is 3.39. The van der Waals surface area contributed by atoms with Gasteiger partial charge in [0.15, 0.2) is 0 Å². The largest absolute Gasteiger partial charge is 0.416 e. The molecule has 1 aliphatic rings. The first kappa shape index (κ1) is 20.6. The van der Waals surface area contributed by atoms with Crippen LogP contribution in [0, 0.1) is 0 Å². The predicted octanol–water partition coefficient (Wildman–Crippen LogP) is 5.79. The number of nitrogens with zero attached hydrogens (tertiary/aromatic N) is 5. The summed E-state index contributed by atoms with van der Waals surface area (Å²) in [6, 6.07) is 17.7. The first-order chi connectivity index (χ1) is 14.8. The van der Waals surface area contributed by atoms with Crippen molar-refractivity contribution in [1.29, 1.82) is 0 Å². The van der Waals surface area contributed by atoms with Gasteiger partial charge in [-0.2, -0.15) is 13.2 Å². The molecule has 0 fully saturated rings. The van der Waals surface area contributed by atoms with E-state index in [4.69, 9.17) is 4.84 Å². The molecule has 0 N–H and O–H groups in total. The Morgan fingerprint density at radius 3 is 2.52 bits per heavy atom. The zero-order chi connectivity index (χ0) is 22.0. The molecule has 3 aromatic rings. The van der Waals surface area contributed by atoms with Crippen LogP contribution in [0.2, 0.25) is 0 Å². The average molecular weight is 427 g/mol. The summed E-state index contributed by atoms with van der Waals surface area (Å²) in [5.41, 5.74) is 0.851. The van der Waals surface area contributed by atoms with Gasteiger partial charge in [0.1, 0.15) is 13.3 Å². The van der Waals surface area contributed by atoms with E-state index in [9.17, 15) is 13.2 Å². The summed E-state index contributed by atoms with van der Waals surface area (Å²) in [7, 11) is 1.69. The standard InChI is InChI=1S/C22H20F3N5O/c1-15(17-11-10-16-6-3-4-7-18(16)12-17)26-31-13-19-20(22(23,24)25)8-5-9-21(19)30-14-29(2)27-28-30/h3-12H,13-14H2,1-2H3. The fourth-order valence-electron chi connectivity index (χ4n) is 3.39. The summed E-state index contributed by atoms with van der Waals surface area (Å²) < 4.78 is 40.9. The molecule has 0 bridgehead atoms. The quantitative estimate of drug-likeness (QED) is 0.383. The van der Waals surface area contributed by atoms with E-state index >= 15 is 0 Å². The van der Waals surface area contributed by atoms with Crippen LogP contribution in [0.4, 0.5) is 18.9 Å². The van der Waals surface area contributed by atoms with Crippen molar-refractivity contribution in [2.75, 3.05) is 18.7 Å². The lowest BCUT2D eigenvalue weighted by Gasteiger charge is -2.20. The number of rotatable bonds is 5. The normalized spacial score (nSPS) is 14.5. The number of oxime groups is 1. The van der Waals surface area contributed by atoms with Crippen LogP contribution < -0.4 is 5.01 Å². The van der Waals surface area contributed by atoms with Gasteiger partial charge in [0.05, 0.1) is 17.0 Å². The summed E-state index contributed by atoms with van der Waals surface area (Å²) in [4.78, 5) is 5.39. The van der Waals surface area contributed by atoms with E-state index in [0.29, 0.717) is 5.71 Å². The topological polar surface area (TPSA) is 52.8 Å². The van der Waals surface area contributed by atoms with Crippen LogP contribution in [-0.4, -0.2) is 24.4 Å². The number of benzene rings is 3. The van der Waals surface area contributed by atoms with Crippen LogP contribution in [0.15, 0.2) is 76.3 Å². The molecule has 0 atom stereocenters. The van der Waals surface area contributed by atoms with Gasteiger partial charge in [0.25, 0.3) is 0 Å². The number of halogens is 3. The van der Waals surface area contributed by atoms with E-state index in [1.807, 2.05) is 42.5 Å². The van der Waals surface area contributed by atoms with E-state index in [1.54, 1.807) is 20.0 Å². The van der Waals surface area contributed by atoms with Gasteiger partial charge in [0, 0.05) is 12.6 Å². The van der Waals surface area contributed by atoms with Crippen molar-refractivity contribution in [2.24, 2.45) is 15.6 Å². The van der Waals surface area contributed by atoms with Crippen molar-refractivity contribution in [3.05, 3.63) is 77.4 Å². The highest BCUT2D eigenvalue weighted by atomic mass is 19.4. The molecule has 0 amide bonds. The molecule has 0 aromatic heterocycles. The number of hydrogen-bond donors (Lipinski definition) is 0. The van der Waals surface area contributed by atoms with Crippen molar-refractivity contribution in [3.8, 4) is 0 Å². The SMILES string of the molecule is CC(=NOCc1c(N2CN(C)N=N2)cccc1C(F)(F)F)c1ccc2ccccc2c1.